The van der Waals surface area contributed by atoms with E-state index in [1.165, 1.54) is 0 Å². The lowest BCUT2D eigenvalue weighted by Crippen LogP contribution is 0.860. The second-order valence-electron chi connectivity index (χ2n) is 0. The molecule has 0 aliphatic heterocycles. The molecule has 0 spiro atoms. The summed E-state index contributed by atoms with van der Waals surface area (Å²) in [4.78, 5) is 0. The Morgan fingerprint density at radius 1 is 0.143 bits per heavy atom. The summed E-state index contributed by atoms with van der Waals surface area (Å²) in [7, 11) is 0. The minimum absolute atomic E-state index is 0. The molecule has 0 saturated heterocycles. The van der Waals surface area contributed by atoms with Gasteiger partial charge in [-0.25, -0.2) is 0 Å². The van der Waals surface area contributed by atoms with Crippen LogP contribution in [0.1, 0.15) is 0 Å². The highest BCUT2D eigenvalue weighted by molar-refractivity contribution is 6.93. The first-order valence-electron chi connectivity index (χ1n) is 0. The van der Waals surface area contributed by atoms with Gasteiger partial charge in [0.1, 0.15) is 0 Å². The van der Waals surface area contributed by atoms with E-state index in [0.717, 1.165) is 0 Å². The maximum absolute atomic E-state index is 0. The normalized spacial score (nSPS) is 0. The van der Waals surface area contributed by atoms with Crippen LogP contribution in [0.15, 0.2) is 0 Å². The van der Waals surface area contributed by atoms with Gasteiger partial charge in [0.25, 0.3) is 0 Å². The van der Waals surface area contributed by atoms with Gasteiger partial charge in [0.2, 0.25) is 0 Å². The van der Waals surface area contributed by atoms with Crippen LogP contribution in [0.2, 0.25) is 0 Å². The van der Waals surface area contributed by atoms with Crippen LogP contribution in [0.5, 0.6) is 0 Å². The minimum atomic E-state index is 0. The number of hydrogen-bond donors (Lipinski definition) is 0. The summed E-state index contributed by atoms with van der Waals surface area (Å²) in [5, 5.41) is 0. The standard InChI is InChI=1S/7H3P/h7*1H3. The van der Waals surface area contributed by atoms with E-state index >= 15 is 0 Å². The molecule has 7 atom stereocenters. The summed E-state index contributed by atoms with van der Waals surface area (Å²) in [5.74, 6) is 0. The van der Waals surface area contributed by atoms with E-state index in [1.807, 2.05) is 0 Å². The quantitative estimate of drug-likeness (QED) is 0.536. The van der Waals surface area contributed by atoms with Crippen LogP contribution < -0.4 is 0 Å². The molecule has 0 amide bonds. The van der Waals surface area contributed by atoms with E-state index < -0.39 is 0 Å². The van der Waals surface area contributed by atoms with Crippen LogP contribution in [-0.2, 0) is 0 Å². The highest BCUT2D eigenvalue weighted by Crippen LogP contribution is 0.867. The van der Waals surface area contributed by atoms with Crippen molar-refractivity contribution >= 4 is 69.3 Å². The molecule has 0 bridgehead atoms. The van der Waals surface area contributed by atoms with Crippen molar-refractivity contribution < 1.29 is 0 Å². The maximum atomic E-state index is 0. The predicted octanol–water partition coefficient (Wildman–Crippen LogP) is 0.407. The first-order chi connectivity index (χ1) is 0. The molecule has 0 aliphatic rings. The van der Waals surface area contributed by atoms with Crippen molar-refractivity contribution in [2.75, 3.05) is 0 Å². The van der Waals surface area contributed by atoms with Gasteiger partial charge in [-0.3, -0.25) is 0 Å². The van der Waals surface area contributed by atoms with Crippen molar-refractivity contribution in [1.29, 1.82) is 0 Å². The molecular weight excluding hydrogens is 217 g/mol. The van der Waals surface area contributed by atoms with Crippen molar-refractivity contribution in [1.82, 2.24) is 0 Å². The van der Waals surface area contributed by atoms with Gasteiger partial charge in [0.05, 0.1) is 0 Å². The lowest BCUT2D eigenvalue weighted by Gasteiger charge is -0.154. The Morgan fingerprint density at radius 2 is 0.143 bits per heavy atom. The van der Waals surface area contributed by atoms with Crippen LogP contribution in [-0.4, -0.2) is 0 Å². The van der Waals surface area contributed by atoms with Gasteiger partial charge >= 0.3 is 0 Å². The van der Waals surface area contributed by atoms with Gasteiger partial charge in [-0.2, -0.15) is 69.3 Å². The summed E-state index contributed by atoms with van der Waals surface area (Å²) >= 11 is 0. The molecule has 56 valence electrons. The van der Waals surface area contributed by atoms with Gasteiger partial charge in [-0.1, -0.05) is 0 Å². The van der Waals surface area contributed by atoms with Gasteiger partial charge in [-0.05, 0) is 0 Å². The van der Waals surface area contributed by atoms with E-state index in [-0.39, 0.29) is 69.3 Å². The molecule has 0 heterocycles. The van der Waals surface area contributed by atoms with Crippen molar-refractivity contribution in [3.63, 3.8) is 0 Å². The molecule has 0 aromatic carbocycles. The first kappa shape index (κ1) is 89.7. The van der Waals surface area contributed by atoms with Crippen LogP contribution >= 0.6 is 69.3 Å². The average Bonchev–Trinajstić information content (AvgIpc) is 0. The van der Waals surface area contributed by atoms with Gasteiger partial charge in [-0.15, -0.1) is 0 Å². The fourth-order valence-corrected chi connectivity index (χ4v) is 0. The van der Waals surface area contributed by atoms with Crippen LogP contribution in [0.3, 0.4) is 0 Å². The Bertz CT molecular complexity index is 0. The summed E-state index contributed by atoms with van der Waals surface area (Å²) in [6, 6.07) is 0. The van der Waals surface area contributed by atoms with Crippen LogP contribution in [0.25, 0.3) is 0 Å². The largest absolute Gasteiger partial charge is 0.153 e. The summed E-state index contributed by atoms with van der Waals surface area (Å²) < 4.78 is 0. The predicted molar refractivity (Wildman–Crippen MR) is 77.7 cm³/mol. The molecule has 0 fully saturated rings. The topological polar surface area (TPSA) is 0 Å². The van der Waals surface area contributed by atoms with Crippen molar-refractivity contribution in [2.45, 2.75) is 0 Å². The fourth-order valence-electron chi connectivity index (χ4n) is 0. The summed E-state index contributed by atoms with van der Waals surface area (Å²) in [6.45, 7) is 0. The third kappa shape index (κ3) is 48.9. The Balaban J connectivity index is 0. The third-order valence-corrected chi connectivity index (χ3v) is 0. The molecule has 0 rings (SSSR count). The van der Waals surface area contributed by atoms with Crippen molar-refractivity contribution in [3.05, 3.63) is 0 Å². The molecule has 7 unspecified atom stereocenters. The third-order valence-electron chi connectivity index (χ3n) is 0. The van der Waals surface area contributed by atoms with Gasteiger partial charge in [0, 0.05) is 0 Å². The Kier molecular flexibility index (Phi) is 818. The highest BCUT2D eigenvalue weighted by Gasteiger charge is -0.147. The zero-order valence-electron chi connectivity index (χ0n) is 4.95. The summed E-state index contributed by atoms with van der Waals surface area (Å²) in [6.07, 6.45) is 0. The zero-order valence-corrected chi connectivity index (χ0v) is 14.8. The second kappa shape index (κ2) is 63.8. The van der Waals surface area contributed by atoms with Crippen molar-refractivity contribution in [2.24, 2.45) is 0 Å². The summed E-state index contributed by atoms with van der Waals surface area (Å²) in [5.41, 5.74) is 0. The van der Waals surface area contributed by atoms with Gasteiger partial charge < -0.3 is 0 Å². The Labute approximate surface area is 69.6 Å². The lowest BCUT2D eigenvalue weighted by molar-refractivity contribution is 6.92. The SMILES string of the molecule is P.P.P.P.P.P.P. The number of hydrogen-bond acceptors (Lipinski definition) is 0. The molecule has 0 aliphatic carbocycles. The molecule has 0 nitrogen and oxygen atoms in total. The molecular formula is H21P7. The van der Waals surface area contributed by atoms with E-state index in [0.29, 0.717) is 0 Å². The molecule has 7 heteroatoms. The lowest BCUT2D eigenvalue weighted by atomic mass is 31.0. The number of rotatable bonds is 0. The van der Waals surface area contributed by atoms with Crippen molar-refractivity contribution in [3.8, 4) is 0 Å². The fraction of sp³-hybridized carbons (Fsp3) is 0. The van der Waals surface area contributed by atoms with Crippen LogP contribution in [0, 0.1) is 0 Å². The van der Waals surface area contributed by atoms with E-state index in [1.54, 1.807) is 0 Å². The second-order valence-corrected chi connectivity index (χ2v) is 0. The Hall–Kier alpha value is 3.01. The zero-order chi connectivity index (χ0) is 0. The van der Waals surface area contributed by atoms with E-state index in [4.69, 9.17) is 0 Å². The molecule has 0 radical (unpaired) electrons. The van der Waals surface area contributed by atoms with Gasteiger partial charge in [0.15, 0.2) is 0 Å². The molecule has 0 N–H and O–H groups in total. The molecule has 7 heavy (non-hydrogen) atoms. The Morgan fingerprint density at radius 3 is 0.143 bits per heavy atom. The van der Waals surface area contributed by atoms with E-state index in [2.05, 4.69) is 0 Å². The minimum Gasteiger partial charge on any atom is -0.153 e. The monoisotopic (exact) mass is 238 g/mol. The molecule has 0 aromatic heterocycles. The highest BCUT2D eigenvalue weighted by atomic mass is 31.0. The molecule has 0 aromatic rings. The average molecular weight is 238 g/mol. The smallest absolute Gasteiger partial charge is 0.153 e. The molecule has 0 saturated carbocycles. The first-order valence-corrected chi connectivity index (χ1v) is 0. The maximum Gasteiger partial charge on any atom is -0.153 e. The van der Waals surface area contributed by atoms with E-state index in [9.17, 15) is 0 Å². The van der Waals surface area contributed by atoms with Crippen LogP contribution in [0.4, 0.5) is 0 Å².